The van der Waals surface area contributed by atoms with Crippen LogP contribution < -0.4 is 5.32 Å². The summed E-state index contributed by atoms with van der Waals surface area (Å²) in [4.78, 5) is 25.6. The maximum absolute atomic E-state index is 11.9. The van der Waals surface area contributed by atoms with Gasteiger partial charge < -0.3 is 10.1 Å². The molecule has 0 radical (unpaired) electrons. The van der Waals surface area contributed by atoms with Gasteiger partial charge in [-0.15, -0.1) is 11.3 Å². The van der Waals surface area contributed by atoms with Crippen LogP contribution in [0.5, 0.6) is 0 Å². The summed E-state index contributed by atoms with van der Waals surface area (Å²) in [6.45, 7) is 4.00. The van der Waals surface area contributed by atoms with Crippen molar-refractivity contribution >= 4 is 34.8 Å². The van der Waals surface area contributed by atoms with Gasteiger partial charge in [0.1, 0.15) is 0 Å². The standard InChI is InChI=1S/C17H18ClNO3S/c1-11-9-15(12(2)23-11)17(21)22-10-16(20)19-8-7-13-3-5-14(18)6-4-13/h3-6,9H,7-8,10H2,1-2H3,(H,19,20). The Morgan fingerprint density at radius 1 is 1.22 bits per heavy atom. The molecule has 1 N–H and O–H groups in total. The largest absolute Gasteiger partial charge is 0.452 e. The van der Waals surface area contributed by atoms with E-state index in [4.69, 9.17) is 16.3 Å². The summed E-state index contributed by atoms with van der Waals surface area (Å²) in [7, 11) is 0. The van der Waals surface area contributed by atoms with E-state index in [1.54, 1.807) is 6.07 Å². The SMILES string of the molecule is Cc1cc(C(=O)OCC(=O)NCCc2ccc(Cl)cc2)c(C)s1. The Hall–Kier alpha value is -1.85. The molecule has 4 nitrogen and oxygen atoms in total. The molecule has 0 saturated carbocycles. The Morgan fingerprint density at radius 3 is 2.52 bits per heavy atom. The Morgan fingerprint density at radius 2 is 1.91 bits per heavy atom. The number of carbonyl (C=O) groups is 2. The highest BCUT2D eigenvalue weighted by Crippen LogP contribution is 2.21. The first-order valence-electron chi connectivity index (χ1n) is 7.21. The number of halogens is 1. The molecule has 1 amide bonds. The minimum atomic E-state index is -0.459. The lowest BCUT2D eigenvalue weighted by Crippen LogP contribution is -2.30. The predicted molar refractivity (Wildman–Crippen MR) is 92.2 cm³/mol. The number of thiophene rings is 1. The molecule has 1 aromatic carbocycles. The van der Waals surface area contributed by atoms with Crippen LogP contribution in [0.2, 0.25) is 5.02 Å². The topological polar surface area (TPSA) is 55.4 Å². The molecule has 0 spiro atoms. The number of nitrogens with one attached hydrogen (secondary N) is 1. The van der Waals surface area contributed by atoms with Crippen molar-refractivity contribution in [3.8, 4) is 0 Å². The zero-order chi connectivity index (χ0) is 16.8. The van der Waals surface area contributed by atoms with Crippen molar-refractivity contribution in [3.63, 3.8) is 0 Å². The first-order chi connectivity index (χ1) is 11.0. The van der Waals surface area contributed by atoms with Crippen LogP contribution in [0.15, 0.2) is 30.3 Å². The van der Waals surface area contributed by atoms with Gasteiger partial charge in [0.05, 0.1) is 5.56 Å². The van der Waals surface area contributed by atoms with Crippen LogP contribution >= 0.6 is 22.9 Å². The number of amides is 1. The highest BCUT2D eigenvalue weighted by Gasteiger charge is 2.14. The van der Waals surface area contributed by atoms with E-state index in [-0.39, 0.29) is 12.5 Å². The van der Waals surface area contributed by atoms with Gasteiger partial charge >= 0.3 is 5.97 Å². The second-order valence-electron chi connectivity index (χ2n) is 5.13. The van der Waals surface area contributed by atoms with Crippen molar-refractivity contribution in [2.75, 3.05) is 13.2 Å². The lowest BCUT2D eigenvalue weighted by Gasteiger charge is -2.07. The second kappa shape index (κ2) is 8.13. The van der Waals surface area contributed by atoms with Crippen molar-refractivity contribution in [2.45, 2.75) is 20.3 Å². The quantitative estimate of drug-likeness (QED) is 0.810. The summed E-state index contributed by atoms with van der Waals surface area (Å²) in [5, 5.41) is 3.41. The summed E-state index contributed by atoms with van der Waals surface area (Å²) >= 11 is 7.35. The van der Waals surface area contributed by atoms with Gasteiger partial charge in [0.2, 0.25) is 0 Å². The van der Waals surface area contributed by atoms with Crippen molar-refractivity contribution in [2.24, 2.45) is 0 Å². The third-order valence-corrected chi connectivity index (χ3v) is 4.46. The van der Waals surface area contributed by atoms with Crippen molar-refractivity contribution in [1.82, 2.24) is 5.32 Å². The zero-order valence-electron chi connectivity index (χ0n) is 13.0. The molecule has 2 rings (SSSR count). The van der Waals surface area contributed by atoms with E-state index in [2.05, 4.69) is 5.32 Å². The average Bonchev–Trinajstić information content (AvgIpc) is 2.85. The Labute approximate surface area is 144 Å². The maximum Gasteiger partial charge on any atom is 0.339 e. The number of hydrogen-bond acceptors (Lipinski definition) is 4. The van der Waals surface area contributed by atoms with Gasteiger partial charge in [-0.05, 0) is 44.0 Å². The van der Waals surface area contributed by atoms with Gasteiger partial charge in [-0.2, -0.15) is 0 Å². The molecule has 0 unspecified atom stereocenters. The van der Waals surface area contributed by atoms with Crippen LogP contribution in [0.25, 0.3) is 0 Å². The number of esters is 1. The molecule has 0 saturated heterocycles. The lowest BCUT2D eigenvalue weighted by molar-refractivity contribution is -0.124. The van der Waals surface area contributed by atoms with Crippen LogP contribution in [0.4, 0.5) is 0 Å². The Kier molecular flexibility index (Phi) is 6.19. The Balaban J connectivity index is 1.71. The molecule has 0 aliphatic heterocycles. The van der Waals surface area contributed by atoms with Gasteiger partial charge in [-0.25, -0.2) is 4.79 Å². The average molecular weight is 352 g/mol. The van der Waals surface area contributed by atoms with Gasteiger partial charge in [0, 0.05) is 21.3 Å². The smallest absolute Gasteiger partial charge is 0.339 e. The molecule has 23 heavy (non-hydrogen) atoms. The summed E-state index contributed by atoms with van der Waals surface area (Å²) in [6, 6.07) is 9.23. The number of benzene rings is 1. The van der Waals surface area contributed by atoms with Crippen LogP contribution in [0, 0.1) is 13.8 Å². The third kappa shape index (κ3) is 5.37. The van der Waals surface area contributed by atoms with Gasteiger partial charge in [0.15, 0.2) is 6.61 Å². The molecule has 0 aliphatic carbocycles. The molecule has 1 heterocycles. The van der Waals surface area contributed by atoms with Gasteiger partial charge in [-0.1, -0.05) is 23.7 Å². The molecule has 0 bridgehead atoms. The maximum atomic E-state index is 11.9. The summed E-state index contributed by atoms with van der Waals surface area (Å²) < 4.78 is 5.04. The fourth-order valence-corrected chi connectivity index (χ4v) is 3.13. The van der Waals surface area contributed by atoms with E-state index in [9.17, 15) is 9.59 Å². The van der Waals surface area contributed by atoms with Gasteiger partial charge in [-0.3, -0.25) is 4.79 Å². The minimum Gasteiger partial charge on any atom is -0.452 e. The van der Waals surface area contributed by atoms with Crippen LogP contribution in [-0.4, -0.2) is 25.0 Å². The first kappa shape index (κ1) is 17.5. The molecule has 0 fully saturated rings. The number of rotatable bonds is 6. The number of aryl methyl sites for hydroxylation is 2. The van der Waals surface area contributed by atoms with Crippen LogP contribution in [0.1, 0.15) is 25.7 Å². The molecule has 0 aliphatic rings. The van der Waals surface area contributed by atoms with Crippen LogP contribution in [-0.2, 0) is 16.0 Å². The number of ether oxygens (including phenoxy) is 1. The van der Waals surface area contributed by atoms with Crippen molar-refractivity contribution in [3.05, 3.63) is 56.2 Å². The van der Waals surface area contributed by atoms with Crippen molar-refractivity contribution < 1.29 is 14.3 Å². The number of hydrogen-bond donors (Lipinski definition) is 1. The summed E-state index contributed by atoms with van der Waals surface area (Å²) in [5.41, 5.74) is 1.61. The monoisotopic (exact) mass is 351 g/mol. The highest BCUT2D eigenvalue weighted by molar-refractivity contribution is 7.12. The van der Waals surface area contributed by atoms with Crippen molar-refractivity contribution in [1.29, 1.82) is 0 Å². The van der Waals surface area contributed by atoms with E-state index in [1.165, 1.54) is 11.3 Å². The van der Waals surface area contributed by atoms with Crippen LogP contribution in [0.3, 0.4) is 0 Å². The Bertz CT molecular complexity index is 694. The van der Waals surface area contributed by atoms with Gasteiger partial charge in [0.25, 0.3) is 5.91 Å². The molecular weight excluding hydrogens is 334 g/mol. The second-order valence-corrected chi connectivity index (χ2v) is 7.03. The molecule has 0 atom stereocenters. The summed E-state index contributed by atoms with van der Waals surface area (Å²) in [6.07, 6.45) is 0.694. The van der Waals surface area contributed by atoms with E-state index in [1.807, 2.05) is 38.1 Å². The minimum absolute atomic E-state index is 0.270. The predicted octanol–water partition coefficient (Wildman–Crippen LogP) is 3.53. The molecule has 122 valence electrons. The fourth-order valence-electron chi connectivity index (χ4n) is 2.09. The zero-order valence-corrected chi connectivity index (χ0v) is 14.6. The molecule has 2 aromatic rings. The third-order valence-electron chi connectivity index (χ3n) is 3.24. The fraction of sp³-hybridized carbons (Fsp3) is 0.294. The van der Waals surface area contributed by atoms with E-state index < -0.39 is 5.97 Å². The van der Waals surface area contributed by atoms with E-state index in [0.29, 0.717) is 23.6 Å². The summed E-state index contributed by atoms with van der Waals surface area (Å²) in [5.74, 6) is -0.767. The lowest BCUT2D eigenvalue weighted by atomic mass is 10.1. The van der Waals surface area contributed by atoms with E-state index in [0.717, 1.165) is 15.3 Å². The number of carbonyl (C=O) groups excluding carboxylic acids is 2. The normalized spacial score (nSPS) is 10.4. The van der Waals surface area contributed by atoms with E-state index >= 15 is 0 Å². The highest BCUT2D eigenvalue weighted by atomic mass is 35.5. The molecule has 1 aromatic heterocycles. The molecule has 6 heteroatoms. The first-order valence-corrected chi connectivity index (χ1v) is 8.40. The molecular formula is C17H18ClNO3S.